The van der Waals surface area contributed by atoms with Crippen LogP contribution in [0, 0.1) is 0 Å². The molecule has 0 N–H and O–H groups in total. The fourth-order valence-electron chi connectivity index (χ4n) is 0.573. The van der Waals surface area contributed by atoms with E-state index in [9.17, 15) is 4.79 Å². The van der Waals surface area contributed by atoms with Crippen molar-refractivity contribution in [3.8, 4) is 0 Å². The molecule has 0 amide bonds. The van der Waals surface area contributed by atoms with Gasteiger partial charge in [-0.05, 0) is 13.8 Å². The zero-order chi connectivity index (χ0) is 9.56. The Kier molecular flexibility index (Phi) is 6.52. The summed E-state index contributed by atoms with van der Waals surface area (Å²) in [5, 5.41) is -0.938. The minimum Gasteiger partial charge on any atom is -0.465 e. The van der Waals surface area contributed by atoms with Crippen molar-refractivity contribution in [2.45, 2.75) is 24.8 Å². The number of carbonyl (C=O) groups excluding carboxylic acids is 1. The van der Waals surface area contributed by atoms with E-state index in [1.54, 1.807) is 13.8 Å². The van der Waals surface area contributed by atoms with Gasteiger partial charge in [0, 0.05) is 6.61 Å². The summed E-state index contributed by atoms with van der Waals surface area (Å²) in [5.74, 6) is -0.549. The van der Waals surface area contributed by atoms with Gasteiger partial charge in [0.2, 0.25) is 0 Å². The van der Waals surface area contributed by atoms with Crippen molar-refractivity contribution >= 4 is 29.2 Å². The van der Waals surface area contributed by atoms with Gasteiger partial charge in [-0.15, -0.1) is 11.6 Å². The summed E-state index contributed by atoms with van der Waals surface area (Å²) in [6, 6.07) is 0. The molecular formula is C7H12Cl2O3. The quantitative estimate of drug-likeness (QED) is 0.517. The van der Waals surface area contributed by atoms with E-state index in [-0.39, 0.29) is 6.61 Å². The molecule has 0 saturated carbocycles. The number of ether oxygens (including phenoxy) is 2. The molecule has 0 aromatic carbocycles. The Balaban J connectivity index is 3.82. The average molecular weight is 215 g/mol. The van der Waals surface area contributed by atoms with Crippen molar-refractivity contribution in [3.05, 3.63) is 0 Å². The fourth-order valence-corrected chi connectivity index (χ4v) is 0.937. The maximum atomic E-state index is 10.9. The zero-order valence-corrected chi connectivity index (χ0v) is 8.56. The molecule has 0 rings (SSSR count). The predicted molar refractivity (Wildman–Crippen MR) is 47.5 cm³/mol. The molecule has 5 heteroatoms. The molecule has 0 fully saturated rings. The average Bonchev–Trinajstić information content (AvgIpc) is 2.04. The number of hydrogen-bond acceptors (Lipinski definition) is 3. The van der Waals surface area contributed by atoms with Crippen molar-refractivity contribution in [1.29, 1.82) is 0 Å². The van der Waals surface area contributed by atoms with Crippen LogP contribution >= 0.6 is 23.2 Å². The number of hydrogen-bond donors (Lipinski definition) is 0. The van der Waals surface area contributed by atoms with Gasteiger partial charge < -0.3 is 9.47 Å². The van der Waals surface area contributed by atoms with Crippen molar-refractivity contribution in [1.82, 2.24) is 0 Å². The number of halogens is 2. The Hall–Kier alpha value is 0.01000. The lowest BCUT2D eigenvalue weighted by Crippen LogP contribution is -2.29. The van der Waals surface area contributed by atoms with Crippen LogP contribution in [0.15, 0.2) is 0 Å². The molecule has 0 aliphatic rings. The van der Waals surface area contributed by atoms with Crippen LogP contribution in [0.2, 0.25) is 0 Å². The normalized spacial score (nSPS) is 15.3. The van der Waals surface area contributed by atoms with E-state index >= 15 is 0 Å². The van der Waals surface area contributed by atoms with E-state index in [0.29, 0.717) is 6.61 Å². The smallest absolute Gasteiger partial charge is 0.328 e. The van der Waals surface area contributed by atoms with Gasteiger partial charge in [0.05, 0.1) is 6.61 Å². The van der Waals surface area contributed by atoms with Crippen molar-refractivity contribution in [2.75, 3.05) is 13.2 Å². The fraction of sp³-hybridized carbons (Fsp3) is 0.857. The van der Waals surface area contributed by atoms with Crippen LogP contribution < -0.4 is 0 Å². The maximum Gasteiger partial charge on any atom is 0.328 e. The van der Waals surface area contributed by atoms with Crippen molar-refractivity contribution < 1.29 is 14.3 Å². The number of rotatable bonds is 5. The molecule has 0 aromatic rings. The zero-order valence-electron chi connectivity index (χ0n) is 7.05. The monoisotopic (exact) mass is 214 g/mol. The second-order valence-corrected chi connectivity index (χ2v) is 2.86. The van der Waals surface area contributed by atoms with Gasteiger partial charge in [0.25, 0.3) is 0 Å². The summed E-state index contributed by atoms with van der Waals surface area (Å²) >= 11 is 11.2. The van der Waals surface area contributed by atoms with Gasteiger partial charge in [0.15, 0.2) is 10.9 Å². The van der Waals surface area contributed by atoms with Crippen LogP contribution in [0.5, 0.6) is 0 Å². The van der Waals surface area contributed by atoms with Gasteiger partial charge in [0.1, 0.15) is 0 Å². The summed E-state index contributed by atoms with van der Waals surface area (Å²) in [6.45, 7) is 4.17. The van der Waals surface area contributed by atoms with Crippen LogP contribution in [0.1, 0.15) is 13.8 Å². The molecule has 72 valence electrons. The molecule has 0 aromatic heterocycles. The summed E-state index contributed by atoms with van der Waals surface area (Å²) in [5.41, 5.74) is -0.823. The molecular weight excluding hydrogens is 203 g/mol. The first-order valence-corrected chi connectivity index (χ1v) is 4.57. The Bertz CT molecular complexity index is 141. The number of carbonyl (C=O) groups is 1. The highest BCUT2D eigenvalue weighted by Gasteiger charge is 2.25. The first-order chi connectivity index (χ1) is 5.63. The van der Waals surface area contributed by atoms with E-state index in [4.69, 9.17) is 27.9 Å². The number of esters is 1. The molecule has 2 atom stereocenters. The second-order valence-electron chi connectivity index (χ2n) is 1.96. The minimum absolute atomic E-state index is 0.289. The Morgan fingerprint density at radius 3 is 2.33 bits per heavy atom. The van der Waals surface area contributed by atoms with Gasteiger partial charge in [-0.3, -0.25) is 4.79 Å². The van der Waals surface area contributed by atoms with E-state index < -0.39 is 16.9 Å². The summed E-state index contributed by atoms with van der Waals surface area (Å²) < 4.78 is 9.54. The summed E-state index contributed by atoms with van der Waals surface area (Å²) in [7, 11) is 0. The van der Waals surface area contributed by atoms with Crippen LogP contribution in [0.4, 0.5) is 0 Å². The second kappa shape index (κ2) is 6.52. The van der Waals surface area contributed by atoms with Crippen LogP contribution in [-0.4, -0.2) is 30.1 Å². The SMILES string of the molecule is CCOC(=O)C(Cl)C(Cl)OCC. The lowest BCUT2D eigenvalue weighted by atomic mass is 10.4. The molecule has 0 heterocycles. The molecule has 12 heavy (non-hydrogen) atoms. The highest BCUT2D eigenvalue weighted by Crippen LogP contribution is 2.12. The molecule has 0 spiro atoms. The minimum atomic E-state index is -0.938. The van der Waals surface area contributed by atoms with Gasteiger partial charge in [-0.2, -0.15) is 0 Å². The van der Waals surface area contributed by atoms with Gasteiger partial charge in [-0.25, -0.2) is 0 Å². The first-order valence-electron chi connectivity index (χ1n) is 3.69. The van der Waals surface area contributed by atoms with Gasteiger partial charge in [-0.1, -0.05) is 11.6 Å². The third-order valence-corrected chi connectivity index (χ3v) is 1.98. The third kappa shape index (κ3) is 4.14. The summed E-state index contributed by atoms with van der Waals surface area (Å²) in [6.07, 6.45) is 0. The van der Waals surface area contributed by atoms with E-state index in [2.05, 4.69) is 4.74 Å². The highest BCUT2D eigenvalue weighted by atomic mass is 35.5. The highest BCUT2D eigenvalue weighted by molar-refractivity contribution is 6.36. The Morgan fingerprint density at radius 2 is 1.92 bits per heavy atom. The third-order valence-electron chi connectivity index (χ3n) is 1.07. The largest absolute Gasteiger partial charge is 0.465 e. The van der Waals surface area contributed by atoms with Crippen molar-refractivity contribution in [2.24, 2.45) is 0 Å². The standard InChI is InChI=1S/C7H12Cl2O3/c1-3-11-6(9)5(8)7(10)12-4-2/h5-6H,3-4H2,1-2H3. The molecule has 0 radical (unpaired) electrons. The molecule has 0 bridgehead atoms. The Labute approximate surface area is 81.9 Å². The van der Waals surface area contributed by atoms with E-state index in [0.717, 1.165) is 0 Å². The molecule has 3 nitrogen and oxygen atoms in total. The molecule has 0 aliphatic heterocycles. The Morgan fingerprint density at radius 1 is 1.33 bits per heavy atom. The predicted octanol–water partition coefficient (Wildman–Crippen LogP) is 1.76. The van der Waals surface area contributed by atoms with Crippen LogP contribution in [0.3, 0.4) is 0 Å². The maximum absolute atomic E-state index is 10.9. The van der Waals surface area contributed by atoms with E-state index in [1.165, 1.54) is 0 Å². The topological polar surface area (TPSA) is 35.5 Å². The number of alkyl halides is 2. The lowest BCUT2D eigenvalue weighted by Gasteiger charge is -2.13. The molecule has 2 unspecified atom stereocenters. The first kappa shape index (κ1) is 12.0. The lowest BCUT2D eigenvalue weighted by molar-refractivity contribution is -0.144. The van der Waals surface area contributed by atoms with Crippen molar-refractivity contribution in [3.63, 3.8) is 0 Å². The summed E-state index contributed by atoms with van der Waals surface area (Å²) in [4.78, 5) is 10.9. The molecule has 0 aliphatic carbocycles. The van der Waals surface area contributed by atoms with E-state index in [1.807, 2.05) is 0 Å². The van der Waals surface area contributed by atoms with Gasteiger partial charge >= 0.3 is 5.97 Å². The van der Waals surface area contributed by atoms with Crippen LogP contribution in [-0.2, 0) is 14.3 Å². The van der Waals surface area contributed by atoms with Crippen LogP contribution in [0.25, 0.3) is 0 Å². The molecule has 0 saturated heterocycles.